The molecule has 0 aliphatic heterocycles. The number of fused-ring (bicyclic) bond motifs is 9. The van der Waals surface area contributed by atoms with Gasteiger partial charge in [0.05, 0.1) is 10.8 Å². The number of rotatable bonds is 16. The summed E-state index contributed by atoms with van der Waals surface area (Å²) >= 11 is 0. The lowest BCUT2D eigenvalue weighted by Gasteiger charge is -2.37. The van der Waals surface area contributed by atoms with Crippen molar-refractivity contribution < 1.29 is 0 Å². The summed E-state index contributed by atoms with van der Waals surface area (Å²) in [5.74, 6) is 0. The van der Waals surface area contributed by atoms with E-state index in [-0.39, 0.29) is 0 Å². The van der Waals surface area contributed by atoms with Crippen molar-refractivity contribution in [2.45, 2.75) is 23.7 Å². The molecule has 0 saturated carbocycles. The largest absolute Gasteiger partial charge is 0.310 e. The smallest absolute Gasteiger partial charge is 0.0714 e. The van der Waals surface area contributed by atoms with Gasteiger partial charge in [0.1, 0.15) is 0 Å². The van der Waals surface area contributed by atoms with Gasteiger partial charge in [0, 0.05) is 34.1 Å². The van der Waals surface area contributed by atoms with Crippen molar-refractivity contribution in [1.29, 1.82) is 0 Å². The van der Waals surface area contributed by atoms with Crippen LogP contribution >= 0.6 is 0 Å². The molecule has 500 valence electrons. The molecular weight excluding hydrogens is 1280 g/mol. The lowest BCUT2D eigenvalue weighted by Crippen LogP contribution is -2.30. The number of allylic oxidation sites excluding steroid dienone is 4. The zero-order valence-corrected chi connectivity index (χ0v) is 58.7. The second kappa shape index (κ2) is 27.1. The molecule has 2 nitrogen and oxygen atoms in total. The molecule has 3 aliphatic carbocycles. The summed E-state index contributed by atoms with van der Waals surface area (Å²) in [7, 11) is 0. The highest BCUT2D eigenvalue weighted by atomic mass is 15.1. The van der Waals surface area contributed by atoms with Crippen molar-refractivity contribution in [3.63, 3.8) is 0 Å². The van der Waals surface area contributed by atoms with Gasteiger partial charge in [-0.25, -0.2) is 0 Å². The number of benzene rings is 16. The van der Waals surface area contributed by atoms with Gasteiger partial charge in [-0.05, 0) is 225 Å². The third kappa shape index (κ3) is 10.9. The standard InChI is InChI=1S/C104H74N2/c1-9-29-77(30-10-1)101-93-65-57-75(51-49-73-53-59-85(60-54-73)105(83-41-21-7-22-42-83)87-63-67-91-89-45-25-27-47-97(89)103(99(91)71-87,79-33-13-3-14-34-79)80-35-15-4-16-36-80)69-95(93)96-70-76(58-66-94(96)102(101)78-31-11-2-12-32-78)52-50-74-55-61-86(62-56-74)106(84-43-23-8-24-44-84)88-64-68-92-90-46-26-28-48-98(90)104(100(92)72-88,81-37-17-5-18-38-81)82-39-19-6-20-40-82/h1-19,21-39,41-72H,20,40H2/b51-49+,52-50+. The van der Waals surface area contributed by atoms with Crippen LogP contribution in [0.15, 0.2) is 406 Å². The molecule has 0 fully saturated rings. The minimum absolute atomic E-state index is 0.432. The summed E-state index contributed by atoms with van der Waals surface area (Å²) < 4.78 is 0. The Bertz CT molecular complexity index is 6040. The number of nitrogens with zero attached hydrogens (tertiary/aromatic N) is 2. The van der Waals surface area contributed by atoms with E-state index < -0.39 is 10.8 Å². The Kier molecular flexibility index (Phi) is 16.2. The minimum atomic E-state index is -0.518. The second-order valence-electron chi connectivity index (χ2n) is 28.1. The summed E-state index contributed by atoms with van der Waals surface area (Å²) in [5.41, 5.74) is 30.5. The molecule has 1 unspecified atom stereocenters. The van der Waals surface area contributed by atoms with E-state index in [1.165, 1.54) is 111 Å². The number of hydrogen-bond donors (Lipinski definition) is 0. The van der Waals surface area contributed by atoms with Gasteiger partial charge in [0.15, 0.2) is 0 Å². The molecule has 0 heterocycles. The predicted octanol–water partition coefficient (Wildman–Crippen LogP) is 27.6. The molecule has 16 aromatic carbocycles. The van der Waals surface area contributed by atoms with E-state index in [0.717, 1.165) is 69.2 Å². The highest BCUT2D eigenvalue weighted by molar-refractivity contribution is 6.22. The third-order valence-electron chi connectivity index (χ3n) is 22.2. The van der Waals surface area contributed by atoms with Crippen molar-refractivity contribution >= 4 is 80.0 Å². The van der Waals surface area contributed by atoms with Crippen LogP contribution in [0.1, 0.15) is 74.0 Å². The van der Waals surface area contributed by atoms with Gasteiger partial charge in [-0.3, -0.25) is 0 Å². The van der Waals surface area contributed by atoms with Gasteiger partial charge in [-0.15, -0.1) is 0 Å². The maximum atomic E-state index is 2.48. The second-order valence-corrected chi connectivity index (χ2v) is 28.1. The van der Waals surface area contributed by atoms with Crippen molar-refractivity contribution in [3.05, 3.63) is 467 Å². The molecule has 0 spiro atoms. The van der Waals surface area contributed by atoms with E-state index in [1.54, 1.807) is 0 Å². The number of anilines is 6. The molecule has 0 bridgehead atoms. The highest BCUT2D eigenvalue weighted by Gasteiger charge is 2.48. The quantitative estimate of drug-likeness (QED) is 0.0703. The van der Waals surface area contributed by atoms with Crippen LogP contribution in [0.25, 0.3) is 90.4 Å². The fourth-order valence-electron chi connectivity index (χ4n) is 17.6. The summed E-state index contributed by atoms with van der Waals surface area (Å²) in [4.78, 5) is 4.82. The van der Waals surface area contributed by atoms with Gasteiger partial charge in [0.25, 0.3) is 0 Å². The van der Waals surface area contributed by atoms with Gasteiger partial charge >= 0.3 is 0 Å². The highest BCUT2D eigenvalue weighted by Crippen LogP contribution is 2.60. The zero-order valence-electron chi connectivity index (χ0n) is 58.7. The maximum Gasteiger partial charge on any atom is 0.0714 e. The first-order chi connectivity index (χ1) is 52.6. The molecule has 106 heavy (non-hydrogen) atoms. The van der Waals surface area contributed by atoms with Gasteiger partial charge in [0.2, 0.25) is 0 Å². The minimum Gasteiger partial charge on any atom is -0.310 e. The van der Waals surface area contributed by atoms with Gasteiger partial charge in [-0.2, -0.15) is 0 Å². The maximum absolute atomic E-state index is 2.48. The first-order valence-electron chi connectivity index (χ1n) is 37.0. The van der Waals surface area contributed by atoms with E-state index in [4.69, 9.17) is 0 Å². The Balaban J connectivity index is 0.672. The van der Waals surface area contributed by atoms with Crippen LogP contribution in [0.3, 0.4) is 0 Å². The number of hydrogen-bond acceptors (Lipinski definition) is 2. The van der Waals surface area contributed by atoms with Crippen molar-refractivity contribution in [3.8, 4) is 44.5 Å². The van der Waals surface area contributed by atoms with Crippen molar-refractivity contribution in [2.75, 3.05) is 9.80 Å². The summed E-state index contributed by atoms with van der Waals surface area (Å²) in [6.45, 7) is 0. The van der Waals surface area contributed by atoms with Crippen LogP contribution in [0.5, 0.6) is 0 Å². The molecule has 0 saturated heterocycles. The first kappa shape index (κ1) is 63.5. The normalized spacial score (nSPS) is 14.6. The van der Waals surface area contributed by atoms with Crippen LogP contribution in [0.2, 0.25) is 0 Å². The lowest BCUT2D eigenvalue weighted by molar-refractivity contribution is 0.693. The summed E-state index contributed by atoms with van der Waals surface area (Å²) in [6.07, 6.45) is 18.0. The van der Waals surface area contributed by atoms with Gasteiger partial charge < -0.3 is 9.80 Å². The molecule has 1 atom stereocenters. The Morgan fingerprint density at radius 1 is 0.245 bits per heavy atom. The Hall–Kier alpha value is -13.4. The molecule has 16 aromatic rings. The summed E-state index contributed by atoms with van der Waals surface area (Å²) in [6, 6.07) is 141. The van der Waals surface area contributed by atoms with E-state index >= 15 is 0 Å². The van der Waals surface area contributed by atoms with Crippen LogP contribution in [0, 0.1) is 0 Å². The zero-order chi connectivity index (χ0) is 70.4. The lowest BCUT2D eigenvalue weighted by atomic mass is 9.65. The Morgan fingerprint density at radius 3 is 1.00 bits per heavy atom. The molecular formula is C104H74N2. The van der Waals surface area contributed by atoms with E-state index in [9.17, 15) is 0 Å². The molecule has 3 aliphatic rings. The van der Waals surface area contributed by atoms with E-state index in [0.29, 0.717) is 0 Å². The fourth-order valence-corrected chi connectivity index (χ4v) is 17.6. The summed E-state index contributed by atoms with van der Waals surface area (Å²) in [5, 5.41) is 4.83. The van der Waals surface area contributed by atoms with Crippen LogP contribution in [0.4, 0.5) is 34.1 Å². The van der Waals surface area contributed by atoms with E-state index in [2.05, 4.69) is 435 Å². The first-order valence-corrected chi connectivity index (χ1v) is 37.0. The average Bonchev–Trinajstić information content (AvgIpc) is 1.53. The van der Waals surface area contributed by atoms with Crippen LogP contribution in [-0.2, 0) is 10.8 Å². The predicted molar refractivity (Wildman–Crippen MR) is 448 cm³/mol. The monoisotopic (exact) mass is 1350 g/mol. The Labute approximate surface area is 621 Å². The van der Waals surface area contributed by atoms with Gasteiger partial charge in [-0.1, -0.05) is 345 Å². The van der Waals surface area contributed by atoms with E-state index in [1.807, 2.05) is 0 Å². The average molecular weight is 1350 g/mol. The van der Waals surface area contributed by atoms with Crippen LogP contribution in [-0.4, -0.2) is 0 Å². The molecule has 0 N–H and O–H groups in total. The topological polar surface area (TPSA) is 6.48 Å². The van der Waals surface area contributed by atoms with Crippen LogP contribution < -0.4 is 9.80 Å². The van der Waals surface area contributed by atoms with Crippen molar-refractivity contribution in [1.82, 2.24) is 0 Å². The molecule has 0 amide bonds. The Morgan fingerprint density at radius 2 is 0.575 bits per heavy atom. The fraction of sp³-hybridized carbons (Fsp3) is 0.0385. The third-order valence-corrected chi connectivity index (χ3v) is 22.2. The van der Waals surface area contributed by atoms with Crippen molar-refractivity contribution in [2.24, 2.45) is 0 Å². The molecule has 2 heteroatoms. The molecule has 19 rings (SSSR count). The SMILES string of the molecule is C1=CCCC(C2(c3ccccc3)c3ccccc3-c3ccc(N(c4ccccc4)c4ccc(/C=C/c5ccc6c(-c7ccccc7)c(-c7ccccc7)c7ccc(/C=C/c8ccc(N(c9ccccc9)c9ccc%10c(c9)C(c9ccccc9)(c9ccccc9)c9ccccc9-%10)cc8)cc7c6c5)cc4)cc32)=C1. The molecule has 0 radical (unpaired) electrons. The molecule has 0 aromatic heterocycles. The number of para-hydroxylation sites is 2.